The van der Waals surface area contributed by atoms with E-state index in [1.165, 1.54) is 0 Å². The first-order valence-corrected chi connectivity index (χ1v) is 9.31. The molecule has 25 heavy (non-hydrogen) atoms. The second-order valence-corrected chi connectivity index (χ2v) is 7.72. The number of carbonyl (C=O) groups excluding carboxylic acids is 2. The minimum Gasteiger partial charge on any atom is -0.342 e. The van der Waals surface area contributed by atoms with Crippen molar-refractivity contribution in [1.29, 1.82) is 0 Å². The molecule has 3 atom stereocenters. The Bertz CT molecular complexity index is 651. The topological polar surface area (TPSA) is 66.6 Å². The van der Waals surface area contributed by atoms with Gasteiger partial charge in [0.25, 0.3) is 0 Å². The van der Waals surface area contributed by atoms with E-state index < -0.39 is 5.92 Å². The molecular weight excluding hydrogens is 314 g/mol. The normalized spacial score (nSPS) is 25.4. The van der Waals surface area contributed by atoms with Crippen molar-refractivity contribution in [3.05, 3.63) is 29.3 Å². The molecule has 1 aromatic rings. The van der Waals surface area contributed by atoms with Crippen LogP contribution in [-0.2, 0) is 9.59 Å². The molecule has 1 aromatic carbocycles. The predicted molar refractivity (Wildman–Crippen MR) is 99.3 cm³/mol. The van der Waals surface area contributed by atoms with Crippen molar-refractivity contribution in [3.8, 4) is 0 Å². The molecule has 2 fully saturated rings. The largest absolute Gasteiger partial charge is 0.342 e. The van der Waals surface area contributed by atoms with E-state index in [4.69, 9.17) is 5.73 Å². The summed E-state index contributed by atoms with van der Waals surface area (Å²) in [7, 11) is 0. The maximum absolute atomic E-state index is 12.9. The third-order valence-electron chi connectivity index (χ3n) is 5.53. The van der Waals surface area contributed by atoms with Crippen molar-refractivity contribution in [2.45, 2.75) is 46.1 Å². The molecule has 0 saturated carbocycles. The monoisotopic (exact) mass is 343 g/mol. The van der Waals surface area contributed by atoms with Gasteiger partial charge in [-0.15, -0.1) is 0 Å². The molecule has 2 heterocycles. The Morgan fingerprint density at radius 3 is 2.48 bits per heavy atom. The molecule has 5 heteroatoms. The molecule has 5 nitrogen and oxygen atoms in total. The first-order valence-electron chi connectivity index (χ1n) is 9.31. The van der Waals surface area contributed by atoms with Crippen molar-refractivity contribution < 1.29 is 9.59 Å². The maximum atomic E-state index is 12.9. The average molecular weight is 343 g/mol. The van der Waals surface area contributed by atoms with Crippen LogP contribution in [0.1, 0.15) is 37.3 Å². The molecule has 0 bridgehead atoms. The number of benzene rings is 1. The second kappa shape index (κ2) is 7.16. The van der Waals surface area contributed by atoms with Crippen molar-refractivity contribution in [2.24, 2.45) is 17.6 Å². The van der Waals surface area contributed by atoms with Gasteiger partial charge >= 0.3 is 0 Å². The molecule has 136 valence electrons. The summed E-state index contributed by atoms with van der Waals surface area (Å²) in [5, 5.41) is 0. The lowest BCUT2D eigenvalue weighted by Gasteiger charge is -2.35. The number of aryl methyl sites for hydroxylation is 2. The fourth-order valence-electron chi connectivity index (χ4n) is 4.13. The summed E-state index contributed by atoms with van der Waals surface area (Å²) < 4.78 is 0. The standard InChI is InChI=1S/C20H29N3O2/c1-13-9-14(2)11-17(10-13)23-8-6-18(20(23)25)19(24)22-7-4-5-16(12-22)15(3)21/h9-11,15-16,18H,4-8,12,21H2,1-3H3. The van der Waals surface area contributed by atoms with Gasteiger partial charge in [0.1, 0.15) is 5.92 Å². The Kier molecular flexibility index (Phi) is 5.13. The SMILES string of the molecule is Cc1cc(C)cc(N2CCC(C(=O)N3CCCC(C(C)N)C3)C2=O)c1. The van der Waals surface area contributed by atoms with E-state index in [1.54, 1.807) is 4.90 Å². The minimum absolute atomic E-state index is 0.0118. The van der Waals surface area contributed by atoms with E-state index in [2.05, 4.69) is 6.07 Å². The number of hydrogen-bond acceptors (Lipinski definition) is 3. The van der Waals surface area contributed by atoms with Gasteiger partial charge in [0.05, 0.1) is 0 Å². The van der Waals surface area contributed by atoms with Crippen LogP contribution in [-0.4, -0.2) is 42.4 Å². The number of anilines is 1. The lowest BCUT2D eigenvalue weighted by atomic mass is 9.91. The third kappa shape index (κ3) is 3.71. The number of likely N-dealkylation sites (tertiary alicyclic amines) is 1. The van der Waals surface area contributed by atoms with Gasteiger partial charge in [-0.1, -0.05) is 6.07 Å². The fraction of sp³-hybridized carbons (Fsp3) is 0.600. The molecule has 2 saturated heterocycles. The summed E-state index contributed by atoms with van der Waals surface area (Å²) in [5.41, 5.74) is 9.20. The van der Waals surface area contributed by atoms with Crippen molar-refractivity contribution in [1.82, 2.24) is 4.90 Å². The zero-order valence-electron chi connectivity index (χ0n) is 15.5. The maximum Gasteiger partial charge on any atom is 0.239 e. The van der Waals surface area contributed by atoms with Gasteiger partial charge < -0.3 is 15.5 Å². The zero-order valence-corrected chi connectivity index (χ0v) is 15.5. The summed E-state index contributed by atoms with van der Waals surface area (Å²) in [6, 6.07) is 6.21. The summed E-state index contributed by atoms with van der Waals surface area (Å²) in [6.45, 7) is 8.10. The summed E-state index contributed by atoms with van der Waals surface area (Å²) >= 11 is 0. The molecule has 2 N–H and O–H groups in total. The van der Waals surface area contributed by atoms with E-state index in [0.717, 1.165) is 36.2 Å². The van der Waals surface area contributed by atoms with Gasteiger partial charge in [0.15, 0.2) is 0 Å². The Morgan fingerprint density at radius 1 is 1.16 bits per heavy atom. The van der Waals surface area contributed by atoms with Crippen LogP contribution in [0.3, 0.4) is 0 Å². The molecule has 2 amide bonds. The lowest BCUT2D eigenvalue weighted by Crippen LogP contribution is -2.48. The smallest absolute Gasteiger partial charge is 0.239 e. The van der Waals surface area contributed by atoms with Crippen LogP contribution in [0, 0.1) is 25.7 Å². The fourth-order valence-corrected chi connectivity index (χ4v) is 4.13. The Labute approximate surface area is 150 Å². The summed E-state index contributed by atoms with van der Waals surface area (Å²) in [4.78, 5) is 29.4. The molecule has 2 aliphatic heterocycles. The van der Waals surface area contributed by atoms with Gasteiger partial charge in [0, 0.05) is 31.4 Å². The first kappa shape index (κ1) is 17.9. The average Bonchev–Trinajstić information content (AvgIpc) is 2.95. The number of carbonyl (C=O) groups is 2. The highest BCUT2D eigenvalue weighted by Crippen LogP contribution is 2.29. The Balaban J connectivity index is 1.72. The second-order valence-electron chi connectivity index (χ2n) is 7.72. The molecule has 3 unspecified atom stereocenters. The van der Waals surface area contributed by atoms with E-state index >= 15 is 0 Å². The van der Waals surface area contributed by atoms with E-state index in [9.17, 15) is 9.59 Å². The van der Waals surface area contributed by atoms with Crippen LogP contribution in [0.4, 0.5) is 5.69 Å². The highest BCUT2D eigenvalue weighted by Gasteiger charge is 2.40. The number of rotatable bonds is 3. The van der Waals surface area contributed by atoms with Crippen molar-refractivity contribution in [3.63, 3.8) is 0 Å². The van der Waals surface area contributed by atoms with Gasteiger partial charge in [-0.05, 0) is 69.2 Å². The molecule has 3 rings (SSSR count). The number of nitrogens with two attached hydrogens (primary N) is 1. The number of piperidine rings is 1. The van der Waals surface area contributed by atoms with Crippen LogP contribution in [0.5, 0.6) is 0 Å². The van der Waals surface area contributed by atoms with E-state index in [0.29, 0.717) is 25.4 Å². The quantitative estimate of drug-likeness (QED) is 0.856. The Morgan fingerprint density at radius 2 is 1.84 bits per heavy atom. The number of hydrogen-bond donors (Lipinski definition) is 1. The summed E-state index contributed by atoms with van der Waals surface area (Å²) in [6.07, 6.45) is 2.64. The highest BCUT2D eigenvalue weighted by atomic mass is 16.2. The van der Waals surface area contributed by atoms with E-state index in [-0.39, 0.29) is 17.9 Å². The minimum atomic E-state index is -0.535. The third-order valence-corrected chi connectivity index (χ3v) is 5.53. The van der Waals surface area contributed by atoms with Crippen LogP contribution < -0.4 is 10.6 Å². The highest BCUT2D eigenvalue weighted by molar-refractivity contribution is 6.09. The van der Waals surface area contributed by atoms with Crippen molar-refractivity contribution >= 4 is 17.5 Å². The molecule has 2 aliphatic rings. The zero-order chi connectivity index (χ0) is 18.1. The number of amides is 2. The molecule has 0 aromatic heterocycles. The number of nitrogens with zero attached hydrogens (tertiary/aromatic N) is 2. The van der Waals surface area contributed by atoms with Crippen LogP contribution in [0.25, 0.3) is 0 Å². The molecule has 0 radical (unpaired) electrons. The molecule has 0 spiro atoms. The van der Waals surface area contributed by atoms with Crippen LogP contribution in [0.2, 0.25) is 0 Å². The Hall–Kier alpha value is -1.88. The van der Waals surface area contributed by atoms with E-state index in [1.807, 2.05) is 37.8 Å². The predicted octanol–water partition coefficient (Wildman–Crippen LogP) is 2.24. The molecular formula is C20H29N3O2. The van der Waals surface area contributed by atoms with Gasteiger partial charge in [0.2, 0.25) is 11.8 Å². The molecule has 0 aliphatic carbocycles. The van der Waals surface area contributed by atoms with Gasteiger partial charge in [-0.3, -0.25) is 9.59 Å². The summed E-state index contributed by atoms with van der Waals surface area (Å²) in [5.74, 6) is -0.266. The lowest BCUT2D eigenvalue weighted by molar-refractivity contribution is -0.141. The van der Waals surface area contributed by atoms with Crippen LogP contribution >= 0.6 is 0 Å². The van der Waals surface area contributed by atoms with Crippen molar-refractivity contribution in [2.75, 3.05) is 24.5 Å². The first-order chi connectivity index (χ1) is 11.9. The van der Waals surface area contributed by atoms with Gasteiger partial charge in [-0.2, -0.15) is 0 Å². The van der Waals surface area contributed by atoms with Gasteiger partial charge in [-0.25, -0.2) is 0 Å². The van der Waals surface area contributed by atoms with Crippen LogP contribution in [0.15, 0.2) is 18.2 Å².